The van der Waals surface area contributed by atoms with E-state index < -0.39 is 0 Å². The first-order valence-electron chi connectivity index (χ1n) is 6.27. The molecule has 2 aliphatic rings. The molecule has 0 aromatic carbocycles. The summed E-state index contributed by atoms with van der Waals surface area (Å²) in [6.45, 7) is 3.97. The molecule has 3 nitrogen and oxygen atoms in total. The minimum absolute atomic E-state index is 0.260. The lowest BCUT2D eigenvalue weighted by Gasteiger charge is -2.24. The van der Waals surface area contributed by atoms with Crippen LogP contribution < -0.4 is 5.73 Å². The fraction of sp³-hybridized carbons (Fsp3) is 1.00. The quantitative estimate of drug-likeness (QED) is 0.758. The smallest absolute Gasteiger partial charge is 0.0621 e. The fourth-order valence-corrected chi connectivity index (χ4v) is 2.91. The third-order valence-corrected chi connectivity index (χ3v) is 3.84. The van der Waals surface area contributed by atoms with Gasteiger partial charge in [0.2, 0.25) is 0 Å². The molecule has 2 N–H and O–H groups in total. The van der Waals surface area contributed by atoms with E-state index in [1.807, 2.05) is 0 Å². The molecule has 1 aliphatic carbocycles. The normalized spacial score (nSPS) is 33.0. The Morgan fingerprint density at radius 3 is 2.53 bits per heavy atom. The Hall–Kier alpha value is -0.120. The maximum absolute atomic E-state index is 5.98. The first-order chi connectivity index (χ1) is 7.25. The number of nitrogens with two attached hydrogens (primary N) is 1. The van der Waals surface area contributed by atoms with Gasteiger partial charge in [-0.25, -0.2) is 0 Å². The molecule has 1 heterocycles. The van der Waals surface area contributed by atoms with Crippen molar-refractivity contribution in [1.82, 2.24) is 4.90 Å². The molecule has 1 saturated heterocycles. The number of rotatable bonds is 4. The lowest BCUT2D eigenvalue weighted by Crippen LogP contribution is -2.38. The van der Waals surface area contributed by atoms with Gasteiger partial charge in [0.1, 0.15) is 0 Å². The highest BCUT2D eigenvalue weighted by Crippen LogP contribution is 2.25. The number of ether oxygens (including phenoxy) is 1. The van der Waals surface area contributed by atoms with E-state index in [4.69, 9.17) is 10.5 Å². The van der Waals surface area contributed by atoms with E-state index in [9.17, 15) is 0 Å². The van der Waals surface area contributed by atoms with Crippen LogP contribution in [0.1, 0.15) is 25.7 Å². The van der Waals surface area contributed by atoms with Crippen LogP contribution in [0.15, 0.2) is 0 Å². The van der Waals surface area contributed by atoms with Gasteiger partial charge in [0, 0.05) is 25.0 Å². The van der Waals surface area contributed by atoms with Gasteiger partial charge < -0.3 is 15.4 Å². The summed E-state index contributed by atoms with van der Waals surface area (Å²) >= 11 is 0. The van der Waals surface area contributed by atoms with Crippen LogP contribution in [0, 0.1) is 11.8 Å². The predicted molar refractivity (Wildman–Crippen MR) is 61.7 cm³/mol. The first kappa shape index (κ1) is 11.4. The second kappa shape index (κ2) is 5.28. The van der Waals surface area contributed by atoms with E-state index in [2.05, 4.69) is 11.9 Å². The monoisotopic (exact) mass is 212 g/mol. The average Bonchev–Trinajstić information content (AvgIpc) is 2.79. The molecule has 2 atom stereocenters. The Balaban J connectivity index is 1.69. The summed E-state index contributed by atoms with van der Waals surface area (Å²) in [4.78, 5) is 2.45. The zero-order valence-electron chi connectivity index (χ0n) is 9.82. The fourth-order valence-electron chi connectivity index (χ4n) is 2.91. The first-order valence-corrected chi connectivity index (χ1v) is 6.27. The average molecular weight is 212 g/mol. The van der Waals surface area contributed by atoms with Crippen molar-refractivity contribution in [3.8, 4) is 0 Å². The van der Waals surface area contributed by atoms with E-state index in [-0.39, 0.29) is 6.04 Å². The van der Waals surface area contributed by atoms with Crippen molar-refractivity contribution in [1.29, 1.82) is 0 Å². The van der Waals surface area contributed by atoms with Gasteiger partial charge in [-0.05, 0) is 25.8 Å². The summed E-state index contributed by atoms with van der Waals surface area (Å²) in [6.07, 6.45) is 5.73. The van der Waals surface area contributed by atoms with Crippen molar-refractivity contribution >= 4 is 0 Å². The van der Waals surface area contributed by atoms with Crippen LogP contribution in [0.3, 0.4) is 0 Å². The molecule has 2 rings (SSSR count). The summed E-state index contributed by atoms with van der Waals surface area (Å²) in [7, 11) is 2.23. The number of hydrogen-bond acceptors (Lipinski definition) is 3. The second-order valence-corrected chi connectivity index (χ2v) is 5.33. The van der Waals surface area contributed by atoms with Gasteiger partial charge >= 0.3 is 0 Å². The molecular formula is C12H24N2O. The molecule has 0 bridgehead atoms. The zero-order valence-corrected chi connectivity index (χ0v) is 9.82. The lowest BCUT2D eigenvalue weighted by molar-refractivity contribution is 0.169. The van der Waals surface area contributed by atoms with Crippen molar-refractivity contribution in [3.63, 3.8) is 0 Å². The molecule has 1 aliphatic heterocycles. The zero-order chi connectivity index (χ0) is 10.7. The Morgan fingerprint density at radius 1 is 1.20 bits per heavy atom. The molecule has 1 saturated carbocycles. The maximum Gasteiger partial charge on any atom is 0.0621 e. The van der Waals surface area contributed by atoms with Crippen LogP contribution in [0.25, 0.3) is 0 Å². The molecule has 0 spiro atoms. The van der Waals surface area contributed by atoms with Gasteiger partial charge in [0.05, 0.1) is 13.2 Å². The summed E-state index contributed by atoms with van der Waals surface area (Å²) in [5.41, 5.74) is 5.98. The molecular weight excluding hydrogens is 188 g/mol. The van der Waals surface area contributed by atoms with E-state index in [1.54, 1.807) is 0 Å². The standard InChI is InChI=1S/C12H24N2O/c1-14(6-10-4-2-3-5-10)7-11-8-15-9-12(11)13/h10-12H,2-9,13H2,1H3. The Labute approximate surface area is 93.0 Å². The third-order valence-electron chi connectivity index (χ3n) is 3.84. The largest absolute Gasteiger partial charge is 0.379 e. The summed E-state index contributed by atoms with van der Waals surface area (Å²) in [5.74, 6) is 1.49. The topological polar surface area (TPSA) is 38.5 Å². The Morgan fingerprint density at radius 2 is 1.93 bits per heavy atom. The minimum Gasteiger partial charge on any atom is -0.379 e. The van der Waals surface area contributed by atoms with Crippen molar-refractivity contribution in [2.45, 2.75) is 31.7 Å². The SMILES string of the molecule is CN(CC1CCCC1)CC1COCC1N. The van der Waals surface area contributed by atoms with Gasteiger partial charge in [0.25, 0.3) is 0 Å². The lowest BCUT2D eigenvalue weighted by atomic mass is 10.0. The van der Waals surface area contributed by atoms with Crippen molar-refractivity contribution in [3.05, 3.63) is 0 Å². The highest BCUT2D eigenvalue weighted by atomic mass is 16.5. The molecule has 2 fully saturated rings. The molecule has 0 aromatic rings. The van der Waals surface area contributed by atoms with Gasteiger partial charge in [-0.15, -0.1) is 0 Å². The molecule has 15 heavy (non-hydrogen) atoms. The van der Waals surface area contributed by atoms with Crippen LogP contribution in [0.2, 0.25) is 0 Å². The highest BCUT2D eigenvalue weighted by Gasteiger charge is 2.26. The van der Waals surface area contributed by atoms with Gasteiger partial charge in [-0.3, -0.25) is 0 Å². The number of hydrogen-bond donors (Lipinski definition) is 1. The van der Waals surface area contributed by atoms with Crippen molar-refractivity contribution in [2.75, 3.05) is 33.4 Å². The van der Waals surface area contributed by atoms with Gasteiger partial charge in [-0.1, -0.05) is 12.8 Å². The van der Waals surface area contributed by atoms with Crippen molar-refractivity contribution in [2.24, 2.45) is 17.6 Å². The van der Waals surface area contributed by atoms with Gasteiger partial charge in [-0.2, -0.15) is 0 Å². The molecule has 0 aromatic heterocycles. The molecule has 2 unspecified atom stereocenters. The van der Waals surface area contributed by atoms with Gasteiger partial charge in [0.15, 0.2) is 0 Å². The third kappa shape index (κ3) is 3.16. The molecule has 0 radical (unpaired) electrons. The maximum atomic E-state index is 5.98. The second-order valence-electron chi connectivity index (χ2n) is 5.33. The number of nitrogens with zero attached hydrogens (tertiary/aromatic N) is 1. The summed E-state index contributed by atoms with van der Waals surface area (Å²) in [6, 6.07) is 0.260. The van der Waals surface area contributed by atoms with E-state index in [0.717, 1.165) is 25.7 Å². The molecule has 0 amide bonds. The summed E-state index contributed by atoms with van der Waals surface area (Å²) in [5, 5.41) is 0. The van der Waals surface area contributed by atoms with Crippen LogP contribution in [0.4, 0.5) is 0 Å². The Bertz CT molecular complexity index is 192. The van der Waals surface area contributed by atoms with Crippen LogP contribution in [-0.4, -0.2) is 44.3 Å². The predicted octanol–water partition coefficient (Wildman–Crippen LogP) is 1.08. The summed E-state index contributed by atoms with van der Waals surface area (Å²) < 4.78 is 5.39. The molecule has 3 heteroatoms. The Kier molecular flexibility index (Phi) is 4.00. The van der Waals surface area contributed by atoms with E-state index >= 15 is 0 Å². The van der Waals surface area contributed by atoms with E-state index in [1.165, 1.54) is 32.2 Å². The molecule has 88 valence electrons. The van der Waals surface area contributed by atoms with Crippen LogP contribution in [-0.2, 0) is 4.74 Å². The minimum atomic E-state index is 0.260. The van der Waals surface area contributed by atoms with Crippen LogP contribution >= 0.6 is 0 Å². The van der Waals surface area contributed by atoms with E-state index in [0.29, 0.717) is 5.92 Å². The highest BCUT2D eigenvalue weighted by molar-refractivity contribution is 4.81. The van der Waals surface area contributed by atoms with Crippen molar-refractivity contribution < 1.29 is 4.74 Å². The van der Waals surface area contributed by atoms with Crippen LogP contribution in [0.5, 0.6) is 0 Å².